The minimum Gasteiger partial charge on any atom is -0.339 e. The van der Waals surface area contributed by atoms with Crippen molar-refractivity contribution in [3.63, 3.8) is 0 Å². The molecule has 1 fully saturated rings. The third kappa shape index (κ3) is 5.55. The molecule has 0 bridgehead atoms. The number of nitrogens with one attached hydrogen (secondary N) is 1. The van der Waals surface area contributed by atoms with Gasteiger partial charge in [0.1, 0.15) is 6.54 Å². The van der Waals surface area contributed by atoms with E-state index in [0.29, 0.717) is 40.6 Å². The van der Waals surface area contributed by atoms with Crippen LogP contribution in [0.3, 0.4) is 0 Å². The molecular weight excluding hydrogens is 498 g/mol. The van der Waals surface area contributed by atoms with Gasteiger partial charge in [-0.3, -0.25) is 13.9 Å². The fraction of sp³-hybridized carbons (Fsp3) is 0.259. The van der Waals surface area contributed by atoms with Crippen LogP contribution in [0.1, 0.15) is 35.2 Å². The fourth-order valence-corrected chi connectivity index (χ4v) is 5.92. The van der Waals surface area contributed by atoms with Gasteiger partial charge in [-0.15, -0.1) is 0 Å². The molecule has 188 valence electrons. The van der Waals surface area contributed by atoms with Crippen LogP contribution in [0, 0.1) is 6.92 Å². The fourth-order valence-electron chi connectivity index (χ4n) is 4.25. The highest BCUT2D eigenvalue weighted by atomic mass is 35.5. The molecule has 0 aliphatic carbocycles. The topological polar surface area (TPSA) is 86.8 Å². The van der Waals surface area contributed by atoms with Gasteiger partial charge in [0, 0.05) is 18.1 Å². The van der Waals surface area contributed by atoms with Crippen molar-refractivity contribution in [1.29, 1.82) is 0 Å². The summed E-state index contributed by atoms with van der Waals surface area (Å²) in [5.74, 6) is -0.724. The zero-order valence-electron chi connectivity index (χ0n) is 20.0. The van der Waals surface area contributed by atoms with Crippen LogP contribution in [0.15, 0.2) is 77.7 Å². The minimum absolute atomic E-state index is 0.0536. The molecule has 3 aromatic rings. The lowest BCUT2D eigenvalue weighted by atomic mass is 10.1. The van der Waals surface area contributed by atoms with Crippen molar-refractivity contribution < 1.29 is 18.0 Å². The minimum atomic E-state index is -4.09. The van der Waals surface area contributed by atoms with Crippen LogP contribution in [-0.4, -0.2) is 44.8 Å². The molecule has 3 aromatic carbocycles. The molecule has 0 aromatic heterocycles. The molecule has 4 rings (SSSR count). The summed E-state index contributed by atoms with van der Waals surface area (Å²) in [6.45, 7) is 2.57. The first-order valence-corrected chi connectivity index (χ1v) is 13.6. The number of rotatable bonds is 7. The maximum absolute atomic E-state index is 13.6. The lowest BCUT2D eigenvalue weighted by Crippen LogP contribution is -2.39. The number of amides is 2. The summed E-state index contributed by atoms with van der Waals surface area (Å²) >= 11 is 6.29. The summed E-state index contributed by atoms with van der Waals surface area (Å²) in [6, 6.07) is 19.6. The van der Waals surface area contributed by atoms with Gasteiger partial charge in [0.05, 0.1) is 21.8 Å². The second-order valence-corrected chi connectivity index (χ2v) is 10.9. The van der Waals surface area contributed by atoms with Crippen molar-refractivity contribution >= 4 is 44.8 Å². The molecule has 0 atom stereocenters. The highest BCUT2D eigenvalue weighted by Gasteiger charge is 2.29. The summed E-state index contributed by atoms with van der Waals surface area (Å²) < 4.78 is 28.3. The molecule has 2 amide bonds. The standard InChI is InChI=1S/C27H28ClN3O4S/c1-20-23(28)14-10-16-25(20)31(36(34,35)21-11-4-2-5-12-21)19-26(32)29-24-15-7-6-13-22(24)27(33)30-17-8-3-9-18-30/h2,4-7,10-16H,3,8-9,17-19H2,1H3,(H,29,32). The second kappa shape index (κ2) is 11.1. The van der Waals surface area contributed by atoms with Gasteiger partial charge in [0.25, 0.3) is 15.9 Å². The molecule has 7 nitrogen and oxygen atoms in total. The van der Waals surface area contributed by atoms with Gasteiger partial charge in [0.15, 0.2) is 0 Å². The van der Waals surface area contributed by atoms with Crippen molar-refractivity contribution in [2.24, 2.45) is 0 Å². The average Bonchev–Trinajstić information content (AvgIpc) is 2.90. The van der Waals surface area contributed by atoms with Gasteiger partial charge in [-0.1, -0.05) is 48.0 Å². The van der Waals surface area contributed by atoms with Crippen molar-refractivity contribution in [1.82, 2.24) is 4.90 Å². The van der Waals surface area contributed by atoms with Crippen LogP contribution in [0.2, 0.25) is 5.02 Å². The van der Waals surface area contributed by atoms with Gasteiger partial charge in [0.2, 0.25) is 5.91 Å². The van der Waals surface area contributed by atoms with E-state index < -0.39 is 22.5 Å². The molecule has 0 spiro atoms. The van der Waals surface area contributed by atoms with Gasteiger partial charge in [-0.05, 0) is 68.1 Å². The number of benzene rings is 3. The lowest BCUT2D eigenvalue weighted by molar-refractivity contribution is -0.114. The Hall–Kier alpha value is -3.36. The highest BCUT2D eigenvalue weighted by Crippen LogP contribution is 2.31. The Morgan fingerprint density at radius 3 is 2.31 bits per heavy atom. The Bertz CT molecular complexity index is 1360. The molecule has 0 saturated carbocycles. The number of hydrogen-bond donors (Lipinski definition) is 1. The van der Waals surface area contributed by atoms with Crippen molar-refractivity contribution in [3.05, 3.63) is 88.9 Å². The average molecular weight is 526 g/mol. The smallest absolute Gasteiger partial charge is 0.264 e. The van der Waals surface area contributed by atoms with Crippen molar-refractivity contribution in [3.8, 4) is 0 Å². The van der Waals surface area contributed by atoms with Gasteiger partial charge in [-0.25, -0.2) is 8.42 Å². The van der Waals surface area contributed by atoms with Crippen LogP contribution < -0.4 is 9.62 Å². The van der Waals surface area contributed by atoms with E-state index in [1.165, 1.54) is 12.1 Å². The lowest BCUT2D eigenvalue weighted by Gasteiger charge is -2.28. The number of para-hydroxylation sites is 1. The molecule has 0 radical (unpaired) electrons. The van der Waals surface area contributed by atoms with Gasteiger partial charge in [-0.2, -0.15) is 0 Å². The molecule has 1 saturated heterocycles. The van der Waals surface area contributed by atoms with Crippen molar-refractivity contribution in [2.75, 3.05) is 29.3 Å². The van der Waals surface area contributed by atoms with Crippen LogP contribution in [0.4, 0.5) is 11.4 Å². The zero-order chi connectivity index (χ0) is 25.7. The first-order chi connectivity index (χ1) is 17.3. The number of carbonyl (C=O) groups is 2. The largest absolute Gasteiger partial charge is 0.339 e. The Balaban J connectivity index is 1.64. The van der Waals surface area contributed by atoms with E-state index in [1.807, 2.05) is 0 Å². The van der Waals surface area contributed by atoms with Crippen molar-refractivity contribution in [2.45, 2.75) is 31.1 Å². The van der Waals surface area contributed by atoms with E-state index in [4.69, 9.17) is 11.6 Å². The van der Waals surface area contributed by atoms with E-state index >= 15 is 0 Å². The van der Waals surface area contributed by atoms with E-state index in [1.54, 1.807) is 72.5 Å². The van der Waals surface area contributed by atoms with Crippen LogP contribution in [0.25, 0.3) is 0 Å². The van der Waals surface area contributed by atoms with Gasteiger partial charge >= 0.3 is 0 Å². The normalized spacial score (nSPS) is 13.8. The zero-order valence-corrected chi connectivity index (χ0v) is 21.6. The molecule has 9 heteroatoms. The number of sulfonamides is 1. The molecule has 1 aliphatic rings. The first-order valence-electron chi connectivity index (χ1n) is 11.8. The third-order valence-corrected chi connectivity index (χ3v) is 8.38. The Kier molecular flexibility index (Phi) is 7.96. The van der Waals surface area contributed by atoms with E-state index in [9.17, 15) is 18.0 Å². The maximum atomic E-state index is 13.6. The van der Waals surface area contributed by atoms with E-state index in [2.05, 4.69) is 5.32 Å². The molecule has 1 aliphatic heterocycles. The summed E-state index contributed by atoms with van der Waals surface area (Å²) in [7, 11) is -4.09. The van der Waals surface area contributed by atoms with Gasteiger partial charge < -0.3 is 10.2 Å². The number of halogens is 1. The number of likely N-dealkylation sites (tertiary alicyclic amines) is 1. The van der Waals surface area contributed by atoms with Crippen LogP contribution >= 0.6 is 11.6 Å². The molecule has 36 heavy (non-hydrogen) atoms. The monoisotopic (exact) mass is 525 g/mol. The summed E-state index contributed by atoms with van der Waals surface area (Å²) in [6.07, 6.45) is 2.99. The number of piperidine rings is 1. The second-order valence-electron chi connectivity index (χ2n) is 8.66. The molecule has 0 unspecified atom stereocenters. The van der Waals surface area contributed by atoms with E-state index in [0.717, 1.165) is 23.6 Å². The summed E-state index contributed by atoms with van der Waals surface area (Å²) in [4.78, 5) is 28.2. The predicted octanol–water partition coefficient (Wildman–Crippen LogP) is 5.11. The van der Waals surface area contributed by atoms with Crippen LogP contribution in [0.5, 0.6) is 0 Å². The SMILES string of the molecule is Cc1c(Cl)cccc1N(CC(=O)Nc1ccccc1C(=O)N1CCCCC1)S(=O)(=O)c1ccccc1. The number of nitrogens with zero attached hydrogens (tertiary/aromatic N) is 2. The number of hydrogen-bond acceptors (Lipinski definition) is 4. The molecular formula is C27H28ClN3O4S. The predicted molar refractivity (Wildman–Crippen MR) is 142 cm³/mol. The maximum Gasteiger partial charge on any atom is 0.264 e. The third-order valence-electron chi connectivity index (χ3n) is 6.20. The number of anilines is 2. The van der Waals surface area contributed by atoms with E-state index in [-0.39, 0.29) is 10.8 Å². The first kappa shape index (κ1) is 25.7. The molecule has 1 heterocycles. The Morgan fingerprint density at radius 2 is 1.58 bits per heavy atom. The highest BCUT2D eigenvalue weighted by molar-refractivity contribution is 7.92. The quantitative estimate of drug-likeness (QED) is 0.464. The van der Waals surface area contributed by atoms with Crippen LogP contribution in [-0.2, 0) is 14.8 Å². The number of carbonyl (C=O) groups excluding carboxylic acids is 2. The summed E-state index contributed by atoms with van der Waals surface area (Å²) in [5.41, 5.74) is 1.56. The summed E-state index contributed by atoms with van der Waals surface area (Å²) in [5, 5.41) is 3.15. The molecule has 1 N–H and O–H groups in total. The Labute approximate surface area is 216 Å². The Morgan fingerprint density at radius 1 is 0.917 bits per heavy atom.